The number of ether oxygens (including phenoxy) is 2. The Hall–Kier alpha value is -2.65. The predicted molar refractivity (Wildman–Crippen MR) is 120 cm³/mol. The first kappa shape index (κ1) is 24.6. The molecule has 2 aromatic carbocycles. The minimum atomic E-state index is -0.861. The van der Waals surface area contributed by atoms with E-state index in [4.69, 9.17) is 21.1 Å². The lowest BCUT2D eigenvalue weighted by atomic mass is 10.2. The second-order valence-corrected chi connectivity index (χ2v) is 7.59. The van der Waals surface area contributed by atoms with Crippen molar-refractivity contribution in [3.8, 4) is 11.5 Å². The van der Waals surface area contributed by atoms with E-state index >= 15 is 0 Å². The Kier molecular flexibility index (Phi) is 9.74. The van der Waals surface area contributed by atoms with Gasteiger partial charge in [0.2, 0.25) is 0 Å². The third kappa shape index (κ3) is 7.22. The van der Waals surface area contributed by atoms with Gasteiger partial charge in [0.05, 0.1) is 22.8 Å². The smallest absolute Gasteiger partial charge is 0.329 e. The van der Waals surface area contributed by atoms with E-state index < -0.39 is 17.6 Å². The van der Waals surface area contributed by atoms with Crippen LogP contribution < -0.4 is 20.2 Å². The number of hydrazone groups is 1. The van der Waals surface area contributed by atoms with Crippen LogP contribution in [0.3, 0.4) is 0 Å². The highest BCUT2D eigenvalue weighted by atomic mass is 79.9. The van der Waals surface area contributed by atoms with E-state index in [0.717, 1.165) is 12.8 Å². The molecule has 2 rings (SSSR count). The van der Waals surface area contributed by atoms with Gasteiger partial charge in [-0.3, -0.25) is 9.59 Å². The fraction of sp³-hybridized carbons (Fsp3) is 0.286. The van der Waals surface area contributed by atoms with Crippen molar-refractivity contribution in [3.63, 3.8) is 0 Å². The lowest BCUT2D eigenvalue weighted by molar-refractivity contribution is -0.139. The SMILES string of the molecule is CCCCNC(=O)C(=O)N/N=C\c1cc(Br)c(OCc2c(F)cccc2Cl)c(OC)c1. The summed E-state index contributed by atoms with van der Waals surface area (Å²) < 4.78 is 25.5. The van der Waals surface area contributed by atoms with Crippen LogP contribution in [0.25, 0.3) is 0 Å². The van der Waals surface area contributed by atoms with Crippen LogP contribution >= 0.6 is 27.5 Å². The third-order valence-corrected chi connectivity index (χ3v) is 5.02. The molecule has 0 aliphatic heterocycles. The molecule has 0 radical (unpaired) electrons. The second-order valence-electron chi connectivity index (χ2n) is 6.33. The Morgan fingerprint density at radius 1 is 1.29 bits per heavy atom. The zero-order valence-corrected chi connectivity index (χ0v) is 19.3. The monoisotopic (exact) mass is 513 g/mol. The molecular weight excluding hydrogens is 493 g/mol. The van der Waals surface area contributed by atoms with Crippen LogP contribution in [-0.4, -0.2) is 31.7 Å². The van der Waals surface area contributed by atoms with Crippen LogP contribution in [0.4, 0.5) is 4.39 Å². The summed E-state index contributed by atoms with van der Waals surface area (Å²) in [5.41, 5.74) is 2.95. The summed E-state index contributed by atoms with van der Waals surface area (Å²) in [5, 5.41) is 6.54. The first-order valence-corrected chi connectivity index (χ1v) is 10.6. The summed E-state index contributed by atoms with van der Waals surface area (Å²) in [7, 11) is 1.45. The van der Waals surface area contributed by atoms with Gasteiger partial charge in [0.1, 0.15) is 12.4 Å². The number of nitrogens with zero attached hydrogens (tertiary/aromatic N) is 1. The van der Waals surface area contributed by atoms with Crippen LogP contribution in [0.2, 0.25) is 5.02 Å². The molecule has 0 heterocycles. The Morgan fingerprint density at radius 2 is 2.06 bits per heavy atom. The van der Waals surface area contributed by atoms with Gasteiger partial charge in [-0.15, -0.1) is 0 Å². The maximum Gasteiger partial charge on any atom is 0.329 e. The van der Waals surface area contributed by atoms with E-state index in [2.05, 4.69) is 31.8 Å². The molecule has 2 amide bonds. The van der Waals surface area contributed by atoms with Crippen molar-refractivity contribution < 1.29 is 23.5 Å². The number of amides is 2. The number of hydrogen-bond acceptors (Lipinski definition) is 5. The Balaban J connectivity index is 2.05. The number of hydrogen-bond donors (Lipinski definition) is 2. The average Bonchev–Trinajstić information content (AvgIpc) is 2.74. The first-order valence-electron chi connectivity index (χ1n) is 9.41. The van der Waals surface area contributed by atoms with Gasteiger partial charge in [0.25, 0.3) is 0 Å². The summed E-state index contributed by atoms with van der Waals surface area (Å²) in [4.78, 5) is 23.3. The largest absolute Gasteiger partial charge is 0.493 e. The number of halogens is 3. The molecule has 0 aromatic heterocycles. The first-order chi connectivity index (χ1) is 14.9. The van der Waals surface area contributed by atoms with Crippen molar-refractivity contribution in [2.24, 2.45) is 5.10 Å². The van der Waals surface area contributed by atoms with Crippen molar-refractivity contribution in [2.45, 2.75) is 26.4 Å². The zero-order valence-electron chi connectivity index (χ0n) is 17.0. The Labute approximate surface area is 193 Å². The molecule has 0 spiro atoms. The van der Waals surface area contributed by atoms with Gasteiger partial charge in [-0.2, -0.15) is 5.10 Å². The zero-order chi connectivity index (χ0) is 22.8. The van der Waals surface area contributed by atoms with Crippen molar-refractivity contribution >= 4 is 45.6 Å². The summed E-state index contributed by atoms with van der Waals surface area (Å²) in [6, 6.07) is 7.67. The van der Waals surface area contributed by atoms with Gasteiger partial charge in [-0.1, -0.05) is 31.0 Å². The molecule has 0 saturated carbocycles. The number of methoxy groups -OCH3 is 1. The number of nitrogens with one attached hydrogen (secondary N) is 2. The minimum absolute atomic E-state index is 0.100. The van der Waals surface area contributed by atoms with Crippen molar-refractivity contribution in [1.82, 2.24) is 10.7 Å². The van der Waals surface area contributed by atoms with Crippen molar-refractivity contribution in [2.75, 3.05) is 13.7 Å². The number of unbranched alkanes of at least 4 members (excludes halogenated alkanes) is 1. The molecular formula is C21H22BrClFN3O4. The summed E-state index contributed by atoms with van der Waals surface area (Å²) >= 11 is 9.42. The lowest BCUT2D eigenvalue weighted by Crippen LogP contribution is -2.38. The molecule has 0 unspecified atom stereocenters. The number of rotatable bonds is 9. The summed E-state index contributed by atoms with van der Waals surface area (Å²) in [5.74, 6) is -1.38. The van der Waals surface area contributed by atoms with Gasteiger partial charge < -0.3 is 14.8 Å². The molecule has 166 valence electrons. The predicted octanol–water partition coefficient (Wildman–Crippen LogP) is 4.20. The topological polar surface area (TPSA) is 89.0 Å². The molecule has 0 bridgehead atoms. The summed E-state index contributed by atoms with van der Waals surface area (Å²) in [6.07, 6.45) is 3.04. The highest BCUT2D eigenvalue weighted by Crippen LogP contribution is 2.37. The quantitative estimate of drug-likeness (QED) is 0.227. The average molecular weight is 515 g/mol. The second kappa shape index (κ2) is 12.3. The van der Waals surface area contributed by atoms with Crippen LogP contribution in [0, 0.1) is 5.82 Å². The van der Waals surface area contributed by atoms with E-state index in [0.29, 0.717) is 28.1 Å². The Bertz CT molecular complexity index is 952. The van der Waals surface area contributed by atoms with E-state index in [1.54, 1.807) is 18.2 Å². The van der Waals surface area contributed by atoms with Gasteiger partial charge in [0, 0.05) is 12.1 Å². The van der Waals surface area contributed by atoms with Crippen LogP contribution in [0.1, 0.15) is 30.9 Å². The molecule has 10 heteroatoms. The van der Waals surface area contributed by atoms with Gasteiger partial charge in [0.15, 0.2) is 11.5 Å². The fourth-order valence-electron chi connectivity index (χ4n) is 2.44. The molecule has 2 aromatic rings. The van der Waals surface area contributed by atoms with E-state index in [1.165, 1.54) is 25.5 Å². The number of carbonyl (C=O) groups excluding carboxylic acids is 2. The standard InChI is InChI=1S/C21H22BrClFN3O4/c1-3-4-8-25-20(28)21(29)27-26-11-13-9-15(22)19(18(10-13)30-2)31-12-14-16(23)6-5-7-17(14)24/h5-7,9-11H,3-4,8,12H2,1-2H3,(H,25,28)(H,27,29)/b26-11-. The Morgan fingerprint density at radius 3 is 2.74 bits per heavy atom. The van der Waals surface area contributed by atoms with Crippen molar-refractivity contribution in [3.05, 3.63) is 56.8 Å². The molecule has 31 heavy (non-hydrogen) atoms. The normalized spacial score (nSPS) is 10.7. The van der Waals surface area contributed by atoms with Crippen LogP contribution in [-0.2, 0) is 16.2 Å². The molecule has 7 nitrogen and oxygen atoms in total. The number of carbonyl (C=O) groups is 2. The highest BCUT2D eigenvalue weighted by molar-refractivity contribution is 9.10. The van der Waals surface area contributed by atoms with Crippen LogP contribution in [0.5, 0.6) is 11.5 Å². The molecule has 0 fully saturated rings. The third-order valence-electron chi connectivity index (χ3n) is 4.08. The summed E-state index contributed by atoms with van der Waals surface area (Å²) in [6.45, 7) is 2.31. The van der Waals surface area contributed by atoms with E-state index in [1.807, 2.05) is 6.92 Å². The maximum atomic E-state index is 14.0. The highest BCUT2D eigenvalue weighted by Gasteiger charge is 2.15. The number of benzene rings is 2. The van der Waals surface area contributed by atoms with Gasteiger partial charge in [-0.05, 0) is 52.2 Å². The fourth-order valence-corrected chi connectivity index (χ4v) is 3.24. The van der Waals surface area contributed by atoms with Crippen molar-refractivity contribution in [1.29, 1.82) is 0 Å². The molecule has 0 aliphatic carbocycles. The molecule has 2 N–H and O–H groups in total. The minimum Gasteiger partial charge on any atom is -0.493 e. The molecule has 0 atom stereocenters. The molecule has 0 aliphatic rings. The van der Waals surface area contributed by atoms with E-state index in [9.17, 15) is 14.0 Å². The lowest BCUT2D eigenvalue weighted by Gasteiger charge is -2.14. The van der Waals surface area contributed by atoms with Crippen LogP contribution in [0.15, 0.2) is 39.9 Å². The molecule has 0 saturated heterocycles. The maximum absolute atomic E-state index is 14.0. The van der Waals surface area contributed by atoms with E-state index in [-0.39, 0.29) is 17.2 Å². The van der Waals surface area contributed by atoms with Gasteiger partial charge in [-0.25, -0.2) is 9.82 Å². The van der Waals surface area contributed by atoms with Gasteiger partial charge >= 0.3 is 11.8 Å².